The first-order chi connectivity index (χ1) is 5.74. The van der Waals surface area contributed by atoms with Crippen molar-refractivity contribution in [2.45, 2.75) is 40.0 Å². The maximum absolute atomic E-state index is 2.34. The van der Waals surface area contributed by atoms with Crippen LogP contribution >= 0.6 is 0 Å². The minimum atomic E-state index is 1.14. The molecule has 0 unspecified atom stereocenters. The molecular weight excluding hydrogens is 144 g/mol. The number of hydrogen-bond donors (Lipinski definition) is 0. The molecule has 0 radical (unpaired) electrons. The molecule has 0 aromatic heterocycles. The molecular formula is C12H18. The van der Waals surface area contributed by atoms with Crippen molar-refractivity contribution in [3.8, 4) is 0 Å². The van der Waals surface area contributed by atoms with E-state index in [0.717, 1.165) is 19.3 Å². The molecule has 0 aliphatic heterocycles. The third kappa shape index (κ3) is 2.37. The van der Waals surface area contributed by atoms with Crippen LogP contribution in [0.4, 0.5) is 0 Å². The van der Waals surface area contributed by atoms with Crippen molar-refractivity contribution < 1.29 is 0 Å². The summed E-state index contributed by atoms with van der Waals surface area (Å²) in [5.74, 6) is 0. The summed E-state index contributed by atoms with van der Waals surface area (Å²) in [7, 11) is 0. The highest BCUT2D eigenvalue weighted by Crippen LogP contribution is 2.24. The van der Waals surface area contributed by atoms with Crippen LogP contribution in [0.3, 0.4) is 0 Å². The van der Waals surface area contributed by atoms with Crippen molar-refractivity contribution in [3.05, 3.63) is 34.9 Å². The zero-order valence-electron chi connectivity index (χ0n) is 8.35. The molecule has 0 aromatic carbocycles. The fourth-order valence-electron chi connectivity index (χ4n) is 1.38. The molecule has 0 saturated heterocycles. The van der Waals surface area contributed by atoms with Gasteiger partial charge in [0.2, 0.25) is 0 Å². The molecule has 0 amide bonds. The van der Waals surface area contributed by atoms with Gasteiger partial charge >= 0.3 is 0 Å². The molecule has 0 saturated carbocycles. The Morgan fingerprint density at radius 3 is 2.67 bits per heavy atom. The van der Waals surface area contributed by atoms with Gasteiger partial charge < -0.3 is 0 Å². The van der Waals surface area contributed by atoms with Crippen LogP contribution in [0.2, 0.25) is 0 Å². The Labute approximate surface area is 75.7 Å². The van der Waals surface area contributed by atoms with Crippen molar-refractivity contribution in [2.24, 2.45) is 0 Å². The van der Waals surface area contributed by atoms with Crippen molar-refractivity contribution in [2.75, 3.05) is 0 Å². The van der Waals surface area contributed by atoms with Gasteiger partial charge in [0.1, 0.15) is 0 Å². The van der Waals surface area contributed by atoms with Crippen LogP contribution in [0.5, 0.6) is 0 Å². The third-order valence-electron chi connectivity index (χ3n) is 2.44. The van der Waals surface area contributed by atoms with Crippen LogP contribution < -0.4 is 0 Å². The van der Waals surface area contributed by atoms with Gasteiger partial charge in [0.15, 0.2) is 0 Å². The Balaban J connectivity index is 2.58. The molecule has 1 rings (SSSR count). The lowest BCUT2D eigenvalue weighted by Crippen LogP contribution is -1.93. The molecule has 0 bridgehead atoms. The smallest absolute Gasteiger partial charge is 0.00704 e. The summed E-state index contributed by atoms with van der Waals surface area (Å²) >= 11 is 0. The summed E-state index contributed by atoms with van der Waals surface area (Å²) in [5, 5.41) is 0. The first-order valence-corrected chi connectivity index (χ1v) is 4.74. The summed E-state index contributed by atoms with van der Waals surface area (Å²) in [6.07, 6.45) is 10.3. The molecule has 0 spiro atoms. The molecule has 0 aromatic rings. The normalized spacial score (nSPS) is 18.8. The van der Waals surface area contributed by atoms with E-state index in [1.54, 1.807) is 11.1 Å². The van der Waals surface area contributed by atoms with E-state index < -0.39 is 0 Å². The Hall–Kier alpha value is -0.780. The average Bonchev–Trinajstić information content (AvgIpc) is 2.07. The van der Waals surface area contributed by atoms with E-state index in [9.17, 15) is 0 Å². The molecule has 0 N–H and O–H groups in total. The van der Waals surface area contributed by atoms with Gasteiger partial charge in [-0.25, -0.2) is 0 Å². The fraction of sp³-hybridized carbons (Fsp3) is 0.500. The summed E-state index contributed by atoms with van der Waals surface area (Å²) in [4.78, 5) is 0. The fourth-order valence-corrected chi connectivity index (χ4v) is 1.38. The summed E-state index contributed by atoms with van der Waals surface area (Å²) in [6, 6.07) is 0. The van der Waals surface area contributed by atoms with E-state index in [1.807, 2.05) is 0 Å². The first-order valence-electron chi connectivity index (χ1n) is 4.74. The molecule has 0 fully saturated rings. The number of allylic oxidation sites excluding steroid dienone is 6. The second-order valence-electron chi connectivity index (χ2n) is 3.53. The third-order valence-corrected chi connectivity index (χ3v) is 2.44. The van der Waals surface area contributed by atoms with E-state index in [2.05, 4.69) is 39.0 Å². The predicted molar refractivity (Wildman–Crippen MR) is 55.1 cm³/mol. The summed E-state index contributed by atoms with van der Waals surface area (Å²) < 4.78 is 0. The van der Waals surface area contributed by atoms with Gasteiger partial charge in [-0.3, -0.25) is 0 Å². The first kappa shape index (κ1) is 9.31. The van der Waals surface area contributed by atoms with Crippen molar-refractivity contribution in [1.82, 2.24) is 0 Å². The second kappa shape index (κ2) is 4.30. The standard InChI is InChI=1S/C12H18/c1-4-5-6-12-8-7-10(2)11(3)9-12/h5-6,8H,4,7,9H2,1-3H3/b6-5-. The highest BCUT2D eigenvalue weighted by Gasteiger charge is 2.04. The molecule has 12 heavy (non-hydrogen) atoms. The molecule has 1 aliphatic carbocycles. The number of hydrogen-bond acceptors (Lipinski definition) is 0. The van der Waals surface area contributed by atoms with E-state index in [0.29, 0.717) is 0 Å². The van der Waals surface area contributed by atoms with Gasteiger partial charge in [-0.15, -0.1) is 0 Å². The highest BCUT2D eigenvalue weighted by atomic mass is 14.1. The van der Waals surface area contributed by atoms with Crippen LogP contribution in [0.15, 0.2) is 34.9 Å². The van der Waals surface area contributed by atoms with Crippen molar-refractivity contribution in [1.29, 1.82) is 0 Å². The topological polar surface area (TPSA) is 0 Å². The number of rotatable bonds is 2. The quantitative estimate of drug-likeness (QED) is 0.538. The Kier molecular flexibility index (Phi) is 3.33. The molecule has 0 heteroatoms. The zero-order valence-corrected chi connectivity index (χ0v) is 8.35. The van der Waals surface area contributed by atoms with Crippen molar-refractivity contribution in [3.63, 3.8) is 0 Å². The van der Waals surface area contributed by atoms with E-state index >= 15 is 0 Å². The predicted octanol–water partition coefficient (Wildman–Crippen LogP) is 4.01. The van der Waals surface area contributed by atoms with Gasteiger partial charge in [0.25, 0.3) is 0 Å². The van der Waals surface area contributed by atoms with Crippen molar-refractivity contribution >= 4 is 0 Å². The van der Waals surface area contributed by atoms with Crippen LogP contribution in [0.1, 0.15) is 40.0 Å². The SMILES string of the molecule is CC/C=C\C1=CCC(C)=C(C)C1. The molecule has 0 heterocycles. The zero-order chi connectivity index (χ0) is 8.97. The van der Waals surface area contributed by atoms with Crippen LogP contribution in [0.25, 0.3) is 0 Å². The lowest BCUT2D eigenvalue weighted by Gasteiger charge is -2.13. The molecule has 0 nitrogen and oxygen atoms in total. The lowest BCUT2D eigenvalue weighted by molar-refractivity contribution is 0.993. The minimum Gasteiger partial charge on any atom is -0.0845 e. The van der Waals surface area contributed by atoms with Crippen LogP contribution in [-0.2, 0) is 0 Å². The van der Waals surface area contributed by atoms with E-state index in [-0.39, 0.29) is 0 Å². The lowest BCUT2D eigenvalue weighted by atomic mass is 9.93. The van der Waals surface area contributed by atoms with Crippen LogP contribution in [-0.4, -0.2) is 0 Å². The largest absolute Gasteiger partial charge is 0.0845 e. The van der Waals surface area contributed by atoms with Gasteiger partial charge in [-0.05, 0) is 38.7 Å². The van der Waals surface area contributed by atoms with Gasteiger partial charge in [-0.2, -0.15) is 0 Å². The maximum atomic E-state index is 2.34. The van der Waals surface area contributed by atoms with E-state index in [4.69, 9.17) is 0 Å². The van der Waals surface area contributed by atoms with E-state index in [1.165, 1.54) is 5.57 Å². The second-order valence-corrected chi connectivity index (χ2v) is 3.53. The van der Waals surface area contributed by atoms with Gasteiger partial charge in [-0.1, -0.05) is 36.3 Å². The molecule has 1 aliphatic rings. The summed E-state index contributed by atoms with van der Waals surface area (Å²) in [5.41, 5.74) is 4.58. The Bertz CT molecular complexity index is 239. The Morgan fingerprint density at radius 1 is 1.33 bits per heavy atom. The monoisotopic (exact) mass is 162 g/mol. The molecule has 66 valence electrons. The highest BCUT2D eigenvalue weighted by molar-refractivity contribution is 5.32. The molecule has 0 atom stereocenters. The minimum absolute atomic E-state index is 1.14. The van der Waals surface area contributed by atoms with Gasteiger partial charge in [0.05, 0.1) is 0 Å². The Morgan fingerprint density at radius 2 is 2.08 bits per heavy atom. The maximum Gasteiger partial charge on any atom is -0.00704 e. The van der Waals surface area contributed by atoms with Gasteiger partial charge in [0, 0.05) is 0 Å². The van der Waals surface area contributed by atoms with Crippen LogP contribution in [0, 0.1) is 0 Å². The average molecular weight is 162 g/mol. The summed E-state index contributed by atoms with van der Waals surface area (Å²) in [6.45, 7) is 6.64.